The van der Waals surface area contributed by atoms with Gasteiger partial charge in [-0.2, -0.15) is 5.10 Å². The van der Waals surface area contributed by atoms with E-state index in [1.165, 1.54) is 6.07 Å². The molecular weight excluding hydrogens is 297 g/mol. The second-order valence-electron chi connectivity index (χ2n) is 4.20. The quantitative estimate of drug-likeness (QED) is 0.941. The van der Waals surface area contributed by atoms with Crippen molar-refractivity contribution in [3.63, 3.8) is 0 Å². The molecule has 0 bridgehead atoms. The number of rotatable bonds is 4. The summed E-state index contributed by atoms with van der Waals surface area (Å²) in [6.45, 7) is 0. The summed E-state index contributed by atoms with van der Waals surface area (Å²) in [4.78, 5) is 0. The Labute approximate surface area is 114 Å². The summed E-state index contributed by atoms with van der Waals surface area (Å²) < 4.78 is 16.3. The highest BCUT2D eigenvalue weighted by atomic mass is 79.9. The highest BCUT2D eigenvalue weighted by molar-refractivity contribution is 9.10. The molecule has 0 aliphatic rings. The molecule has 0 aliphatic heterocycles. The molecule has 0 saturated heterocycles. The summed E-state index contributed by atoms with van der Waals surface area (Å²) in [5.41, 5.74) is 1.59. The lowest BCUT2D eigenvalue weighted by atomic mass is 10.0. The van der Waals surface area contributed by atoms with Gasteiger partial charge in [-0.1, -0.05) is 15.9 Å². The molecule has 1 N–H and O–H groups in total. The molecule has 96 valence electrons. The molecule has 0 saturated carbocycles. The van der Waals surface area contributed by atoms with E-state index in [2.05, 4.69) is 26.3 Å². The summed E-state index contributed by atoms with van der Waals surface area (Å²) in [5.74, 6) is -0.186. The SMILES string of the molecule is CNC(Cc1cc(Br)ccc1F)c1ccn(C)n1. The van der Waals surface area contributed by atoms with Gasteiger partial charge in [-0.15, -0.1) is 0 Å². The Bertz CT molecular complexity index is 539. The fourth-order valence-corrected chi connectivity index (χ4v) is 2.30. The van der Waals surface area contributed by atoms with E-state index in [9.17, 15) is 4.39 Å². The molecule has 1 heterocycles. The Morgan fingerprint density at radius 1 is 1.44 bits per heavy atom. The van der Waals surface area contributed by atoms with Crippen LogP contribution in [0.4, 0.5) is 4.39 Å². The first-order valence-corrected chi connectivity index (χ1v) is 6.50. The first-order chi connectivity index (χ1) is 8.60. The van der Waals surface area contributed by atoms with Gasteiger partial charge in [-0.3, -0.25) is 4.68 Å². The van der Waals surface area contributed by atoms with Gasteiger partial charge in [0, 0.05) is 17.7 Å². The smallest absolute Gasteiger partial charge is 0.126 e. The number of likely N-dealkylation sites (N-methyl/N-ethyl adjacent to an activating group) is 1. The zero-order chi connectivity index (χ0) is 13.1. The topological polar surface area (TPSA) is 29.9 Å². The third kappa shape index (κ3) is 2.97. The van der Waals surface area contributed by atoms with Crippen molar-refractivity contribution >= 4 is 15.9 Å². The van der Waals surface area contributed by atoms with Crippen LogP contribution in [0.2, 0.25) is 0 Å². The van der Waals surface area contributed by atoms with Gasteiger partial charge in [0.2, 0.25) is 0 Å². The predicted molar refractivity (Wildman–Crippen MR) is 72.8 cm³/mol. The highest BCUT2D eigenvalue weighted by Gasteiger charge is 2.15. The lowest BCUT2D eigenvalue weighted by Crippen LogP contribution is -2.20. The first-order valence-electron chi connectivity index (χ1n) is 5.71. The number of aryl methyl sites for hydroxylation is 1. The molecule has 0 spiro atoms. The van der Waals surface area contributed by atoms with E-state index in [4.69, 9.17) is 0 Å². The maximum atomic E-state index is 13.7. The monoisotopic (exact) mass is 311 g/mol. The van der Waals surface area contributed by atoms with E-state index in [1.807, 2.05) is 32.4 Å². The van der Waals surface area contributed by atoms with Crippen molar-refractivity contribution in [3.05, 3.63) is 52.0 Å². The minimum Gasteiger partial charge on any atom is -0.311 e. The Morgan fingerprint density at radius 2 is 2.22 bits per heavy atom. The van der Waals surface area contributed by atoms with E-state index in [0.717, 1.165) is 10.2 Å². The summed E-state index contributed by atoms with van der Waals surface area (Å²) in [7, 11) is 3.73. The van der Waals surface area contributed by atoms with Crippen LogP contribution in [0.15, 0.2) is 34.9 Å². The van der Waals surface area contributed by atoms with Crippen LogP contribution in [0.5, 0.6) is 0 Å². The van der Waals surface area contributed by atoms with Crippen LogP contribution < -0.4 is 5.32 Å². The fraction of sp³-hybridized carbons (Fsp3) is 0.308. The van der Waals surface area contributed by atoms with E-state index in [0.29, 0.717) is 12.0 Å². The molecule has 0 aliphatic carbocycles. The molecule has 5 heteroatoms. The zero-order valence-corrected chi connectivity index (χ0v) is 11.9. The molecule has 0 radical (unpaired) electrons. The number of benzene rings is 1. The molecule has 0 amide bonds. The number of nitrogens with zero attached hydrogens (tertiary/aromatic N) is 2. The van der Waals surface area contributed by atoms with Crippen molar-refractivity contribution in [1.82, 2.24) is 15.1 Å². The standard InChI is InChI=1S/C13H15BrFN3/c1-16-13(12-5-6-18(2)17-12)8-9-7-10(14)3-4-11(9)15/h3-7,13,16H,8H2,1-2H3. The summed E-state index contributed by atoms with van der Waals surface area (Å²) in [6, 6.07) is 6.94. The first kappa shape index (κ1) is 13.2. The van der Waals surface area contributed by atoms with Crippen molar-refractivity contribution in [3.8, 4) is 0 Å². The van der Waals surface area contributed by atoms with E-state index in [1.54, 1.807) is 10.7 Å². The van der Waals surface area contributed by atoms with Gasteiger partial charge in [-0.05, 0) is 43.3 Å². The average molecular weight is 312 g/mol. The molecule has 1 aromatic carbocycles. The molecule has 2 aromatic rings. The lowest BCUT2D eigenvalue weighted by Gasteiger charge is -2.14. The average Bonchev–Trinajstić information content (AvgIpc) is 2.77. The Morgan fingerprint density at radius 3 is 2.83 bits per heavy atom. The van der Waals surface area contributed by atoms with Crippen LogP contribution in [0.1, 0.15) is 17.3 Å². The van der Waals surface area contributed by atoms with Gasteiger partial charge in [0.15, 0.2) is 0 Å². The van der Waals surface area contributed by atoms with E-state index >= 15 is 0 Å². The van der Waals surface area contributed by atoms with Gasteiger partial charge in [0.25, 0.3) is 0 Å². The molecule has 18 heavy (non-hydrogen) atoms. The summed E-state index contributed by atoms with van der Waals surface area (Å²) in [5, 5.41) is 7.52. The van der Waals surface area contributed by atoms with Gasteiger partial charge < -0.3 is 5.32 Å². The number of hydrogen-bond acceptors (Lipinski definition) is 2. The van der Waals surface area contributed by atoms with E-state index in [-0.39, 0.29) is 11.9 Å². The highest BCUT2D eigenvalue weighted by Crippen LogP contribution is 2.21. The Balaban J connectivity index is 2.22. The molecule has 2 rings (SSSR count). The summed E-state index contributed by atoms with van der Waals surface area (Å²) >= 11 is 3.36. The predicted octanol–water partition coefficient (Wildman–Crippen LogP) is 2.82. The number of aromatic nitrogens is 2. The van der Waals surface area contributed by atoms with E-state index < -0.39 is 0 Å². The van der Waals surface area contributed by atoms with Crippen LogP contribution in [0.25, 0.3) is 0 Å². The van der Waals surface area contributed by atoms with Crippen molar-refractivity contribution < 1.29 is 4.39 Å². The number of halogens is 2. The molecular formula is C13H15BrFN3. The van der Waals surface area contributed by atoms with Crippen molar-refractivity contribution in [2.75, 3.05) is 7.05 Å². The summed E-state index contributed by atoms with van der Waals surface area (Å²) in [6.07, 6.45) is 2.45. The van der Waals surface area contributed by atoms with Crippen LogP contribution in [-0.4, -0.2) is 16.8 Å². The lowest BCUT2D eigenvalue weighted by molar-refractivity contribution is 0.537. The van der Waals surface area contributed by atoms with Crippen LogP contribution in [0.3, 0.4) is 0 Å². The minimum absolute atomic E-state index is 0.00926. The maximum Gasteiger partial charge on any atom is 0.126 e. The van der Waals surface area contributed by atoms with Gasteiger partial charge in [0.1, 0.15) is 5.82 Å². The minimum atomic E-state index is -0.186. The molecule has 1 atom stereocenters. The molecule has 1 unspecified atom stereocenters. The van der Waals surface area contributed by atoms with Crippen LogP contribution in [0, 0.1) is 5.82 Å². The maximum absolute atomic E-state index is 13.7. The largest absolute Gasteiger partial charge is 0.311 e. The van der Waals surface area contributed by atoms with Crippen molar-refractivity contribution in [2.45, 2.75) is 12.5 Å². The second-order valence-corrected chi connectivity index (χ2v) is 5.11. The third-order valence-electron chi connectivity index (χ3n) is 2.87. The normalized spacial score (nSPS) is 12.7. The Kier molecular flexibility index (Phi) is 4.14. The molecule has 0 fully saturated rings. The van der Waals surface area contributed by atoms with Crippen molar-refractivity contribution in [2.24, 2.45) is 7.05 Å². The Hall–Kier alpha value is -1.20. The number of hydrogen-bond donors (Lipinski definition) is 1. The second kappa shape index (κ2) is 5.63. The van der Waals surface area contributed by atoms with Gasteiger partial charge in [0.05, 0.1) is 11.7 Å². The molecule has 3 nitrogen and oxygen atoms in total. The van der Waals surface area contributed by atoms with Crippen LogP contribution in [-0.2, 0) is 13.5 Å². The third-order valence-corrected chi connectivity index (χ3v) is 3.36. The van der Waals surface area contributed by atoms with Gasteiger partial charge >= 0.3 is 0 Å². The van der Waals surface area contributed by atoms with Gasteiger partial charge in [-0.25, -0.2) is 4.39 Å². The van der Waals surface area contributed by atoms with Crippen molar-refractivity contribution in [1.29, 1.82) is 0 Å². The molecule has 1 aromatic heterocycles. The fourth-order valence-electron chi connectivity index (χ4n) is 1.89. The van der Waals surface area contributed by atoms with Crippen LogP contribution >= 0.6 is 15.9 Å². The number of nitrogens with one attached hydrogen (secondary N) is 1. The zero-order valence-electron chi connectivity index (χ0n) is 10.3.